The maximum absolute atomic E-state index is 8.66. The average molecular weight is 288 g/mol. The van der Waals surface area contributed by atoms with Gasteiger partial charge in [-0.15, -0.1) is 0 Å². The Kier molecular flexibility index (Phi) is 4.87. The second kappa shape index (κ2) is 6.41. The van der Waals surface area contributed by atoms with Crippen LogP contribution in [0.5, 0.6) is 0 Å². The number of hydrogen-bond donors (Lipinski definition) is 1. The molecule has 1 aliphatic rings. The molecule has 1 aliphatic carbocycles. The lowest BCUT2D eigenvalue weighted by molar-refractivity contribution is 0.0277. The zero-order chi connectivity index (χ0) is 13.0. The van der Waals surface area contributed by atoms with Gasteiger partial charge in [0.2, 0.25) is 0 Å². The van der Waals surface area contributed by atoms with Crippen LogP contribution >= 0.6 is 23.2 Å². The minimum atomic E-state index is 0.227. The van der Waals surface area contributed by atoms with Crippen molar-refractivity contribution in [2.24, 2.45) is 5.16 Å². The molecule has 3 nitrogen and oxygen atoms in total. The summed E-state index contributed by atoms with van der Waals surface area (Å²) in [5, 5.41) is 13.0. The summed E-state index contributed by atoms with van der Waals surface area (Å²) in [6, 6.07) is 5.52. The molecule has 1 N–H and O–H groups in total. The Bertz CT molecular complexity index is 439. The molecule has 0 atom stereocenters. The molecule has 0 saturated heterocycles. The lowest BCUT2D eigenvalue weighted by Crippen LogP contribution is -2.21. The van der Waals surface area contributed by atoms with Gasteiger partial charge in [0.15, 0.2) is 0 Å². The van der Waals surface area contributed by atoms with Crippen molar-refractivity contribution >= 4 is 28.9 Å². The molecular weight excluding hydrogens is 273 g/mol. The van der Waals surface area contributed by atoms with Gasteiger partial charge in [0.1, 0.15) is 0 Å². The van der Waals surface area contributed by atoms with Crippen molar-refractivity contribution in [2.45, 2.75) is 38.4 Å². The number of oxime groups is 1. The van der Waals surface area contributed by atoms with Crippen LogP contribution in [0.2, 0.25) is 10.0 Å². The summed E-state index contributed by atoms with van der Waals surface area (Å²) in [6.07, 6.45) is 3.65. The van der Waals surface area contributed by atoms with Crippen LogP contribution in [0, 0.1) is 0 Å². The van der Waals surface area contributed by atoms with Gasteiger partial charge in [-0.25, -0.2) is 0 Å². The summed E-state index contributed by atoms with van der Waals surface area (Å²) >= 11 is 11.8. The predicted octanol–water partition coefficient (Wildman–Crippen LogP) is 4.28. The highest BCUT2D eigenvalue weighted by atomic mass is 35.5. The SMILES string of the molecule is ON=C1CCC(OCc2ccc(Cl)c(Cl)c2)CC1. The van der Waals surface area contributed by atoms with Crippen molar-refractivity contribution in [1.82, 2.24) is 0 Å². The molecule has 0 aromatic heterocycles. The highest BCUT2D eigenvalue weighted by molar-refractivity contribution is 6.42. The van der Waals surface area contributed by atoms with Crippen LogP contribution in [-0.4, -0.2) is 17.0 Å². The molecule has 1 saturated carbocycles. The van der Waals surface area contributed by atoms with E-state index in [1.807, 2.05) is 12.1 Å². The third kappa shape index (κ3) is 3.61. The first-order valence-corrected chi connectivity index (χ1v) is 6.70. The van der Waals surface area contributed by atoms with Gasteiger partial charge >= 0.3 is 0 Å². The van der Waals surface area contributed by atoms with Gasteiger partial charge in [0.25, 0.3) is 0 Å². The molecule has 1 fully saturated rings. The molecule has 0 radical (unpaired) electrons. The number of halogens is 2. The van der Waals surface area contributed by atoms with Crippen LogP contribution in [0.4, 0.5) is 0 Å². The summed E-state index contributed by atoms with van der Waals surface area (Å²) < 4.78 is 5.82. The molecule has 1 aromatic carbocycles. The summed E-state index contributed by atoms with van der Waals surface area (Å²) in [5.41, 5.74) is 1.88. The number of nitrogens with zero attached hydrogens (tertiary/aromatic N) is 1. The summed E-state index contributed by atoms with van der Waals surface area (Å²) in [4.78, 5) is 0. The van der Waals surface area contributed by atoms with Gasteiger partial charge in [-0.3, -0.25) is 0 Å². The zero-order valence-corrected chi connectivity index (χ0v) is 11.4. The highest BCUT2D eigenvalue weighted by Gasteiger charge is 2.18. The van der Waals surface area contributed by atoms with Crippen LogP contribution in [-0.2, 0) is 11.3 Å². The largest absolute Gasteiger partial charge is 0.411 e. The monoisotopic (exact) mass is 287 g/mol. The van der Waals surface area contributed by atoms with E-state index in [1.54, 1.807) is 6.07 Å². The minimum absolute atomic E-state index is 0.227. The van der Waals surface area contributed by atoms with Gasteiger partial charge in [-0.1, -0.05) is 34.4 Å². The topological polar surface area (TPSA) is 41.8 Å². The molecule has 0 aliphatic heterocycles. The second-order valence-electron chi connectivity index (χ2n) is 4.43. The smallest absolute Gasteiger partial charge is 0.0721 e. The molecule has 18 heavy (non-hydrogen) atoms. The van der Waals surface area contributed by atoms with E-state index in [9.17, 15) is 0 Å². The van der Waals surface area contributed by atoms with Crippen molar-refractivity contribution in [3.63, 3.8) is 0 Å². The third-order valence-electron chi connectivity index (χ3n) is 3.12. The van der Waals surface area contributed by atoms with Crippen LogP contribution in [0.25, 0.3) is 0 Å². The second-order valence-corrected chi connectivity index (χ2v) is 5.24. The van der Waals surface area contributed by atoms with Crippen LogP contribution in [0.1, 0.15) is 31.2 Å². The third-order valence-corrected chi connectivity index (χ3v) is 3.86. The first-order valence-electron chi connectivity index (χ1n) is 5.94. The molecule has 5 heteroatoms. The van der Waals surface area contributed by atoms with Gasteiger partial charge in [0, 0.05) is 0 Å². The normalized spacial score (nSPS) is 19.9. The molecule has 98 valence electrons. The first kappa shape index (κ1) is 13.7. The van der Waals surface area contributed by atoms with E-state index in [2.05, 4.69) is 5.16 Å². The van der Waals surface area contributed by atoms with Crippen LogP contribution < -0.4 is 0 Å². The van der Waals surface area contributed by atoms with E-state index in [4.69, 9.17) is 33.1 Å². The Morgan fingerprint density at radius 2 is 1.94 bits per heavy atom. The molecular formula is C13H15Cl2NO2. The molecule has 0 spiro atoms. The fourth-order valence-corrected chi connectivity index (χ4v) is 2.36. The Labute approximate surface area is 116 Å². The van der Waals surface area contributed by atoms with Gasteiger partial charge < -0.3 is 9.94 Å². The fraction of sp³-hybridized carbons (Fsp3) is 0.462. The van der Waals surface area contributed by atoms with E-state index in [0.717, 1.165) is 37.0 Å². The minimum Gasteiger partial charge on any atom is -0.411 e. The molecule has 1 aromatic rings. The molecule has 0 heterocycles. The number of rotatable bonds is 3. The Morgan fingerprint density at radius 1 is 1.22 bits per heavy atom. The zero-order valence-electron chi connectivity index (χ0n) is 9.90. The highest BCUT2D eigenvalue weighted by Crippen LogP contribution is 2.24. The first-order chi connectivity index (χ1) is 8.69. The van der Waals surface area contributed by atoms with E-state index in [0.29, 0.717) is 16.7 Å². The summed E-state index contributed by atoms with van der Waals surface area (Å²) in [5.74, 6) is 0. The number of ether oxygens (including phenoxy) is 1. The summed E-state index contributed by atoms with van der Waals surface area (Å²) in [6.45, 7) is 0.535. The lowest BCUT2D eigenvalue weighted by Gasteiger charge is -2.22. The van der Waals surface area contributed by atoms with E-state index < -0.39 is 0 Å². The number of hydrogen-bond acceptors (Lipinski definition) is 3. The van der Waals surface area contributed by atoms with E-state index >= 15 is 0 Å². The number of benzene rings is 1. The molecule has 0 bridgehead atoms. The van der Waals surface area contributed by atoms with Gasteiger partial charge in [-0.2, -0.15) is 0 Å². The molecule has 0 amide bonds. The maximum Gasteiger partial charge on any atom is 0.0721 e. The lowest BCUT2D eigenvalue weighted by atomic mass is 9.96. The Hall–Kier alpha value is -0.770. The quantitative estimate of drug-likeness (QED) is 0.666. The van der Waals surface area contributed by atoms with Crippen molar-refractivity contribution in [3.05, 3.63) is 33.8 Å². The standard InChI is InChI=1S/C13H15Cl2NO2/c14-12-6-1-9(7-13(12)15)8-18-11-4-2-10(16-17)3-5-11/h1,6-7,11,17H,2-5,8H2. The maximum atomic E-state index is 8.66. The average Bonchev–Trinajstić information content (AvgIpc) is 2.41. The van der Waals surface area contributed by atoms with Crippen LogP contribution in [0.15, 0.2) is 23.4 Å². The predicted molar refractivity (Wildman–Crippen MR) is 72.7 cm³/mol. The Balaban J connectivity index is 1.83. The molecule has 2 rings (SSSR count). The van der Waals surface area contributed by atoms with Crippen molar-refractivity contribution < 1.29 is 9.94 Å². The van der Waals surface area contributed by atoms with Crippen molar-refractivity contribution in [3.8, 4) is 0 Å². The fourth-order valence-electron chi connectivity index (χ4n) is 2.03. The van der Waals surface area contributed by atoms with E-state index in [-0.39, 0.29) is 6.10 Å². The van der Waals surface area contributed by atoms with Gasteiger partial charge in [0.05, 0.1) is 28.5 Å². The Morgan fingerprint density at radius 3 is 2.56 bits per heavy atom. The van der Waals surface area contributed by atoms with Gasteiger partial charge in [-0.05, 0) is 43.4 Å². The van der Waals surface area contributed by atoms with E-state index in [1.165, 1.54) is 0 Å². The van der Waals surface area contributed by atoms with Crippen molar-refractivity contribution in [1.29, 1.82) is 0 Å². The molecule has 0 unspecified atom stereocenters. The van der Waals surface area contributed by atoms with Crippen molar-refractivity contribution in [2.75, 3.05) is 0 Å². The summed E-state index contributed by atoms with van der Waals surface area (Å²) in [7, 11) is 0. The van der Waals surface area contributed by atoms with Crippen LogP contribution in [0.3, 0.4) is 0 Å².